The van der Waals surface area contributed by atoms with Gasteiger partial charge < -0.3 is 0 Å². The van der Waals surface area contributed by atoms with Gasteiger partial charge in [0.1, 0.15) is 0 Å². The molecule has 0 unspecified atom stereocenters. The first-order chi connectivity index (χ1) is 7.31. The number of hydrogen-bond acceptors (Lipinski definition) is 2. The zero-order chi connectivity index (χ0) is 10.7. The van der Waals surface area contributed by atoms with E-state index in [-0.39, 0.29) is 0 Å². The highest BCUT2D eigenvalue weighted by atomic mass is 79.9. The van der Waals surface area contributed by atoms with E-state index in [2.05, 4.69) is 38.8 Å². The van der Waals surface area contributed by atoms with Crippen molar-refractivity contribution in [1.29, 1.82) is 0 Å². The first kappa shape index (κ1) is 11.1. The highest BCUT2D eigenvalue weighted by molar-refractivity contribution is 9.09. The molecule has 2 nitrogen and oxygen atoms in total. The molecule has 0 N–H and O–H groups in total. The van der Waals surface area contributed by atoms with Gasteiger partial charge in [-0.15, -0.1) is 0 Å². The molecule has 1 aromatic heterocycles. The van der Waals surface area contributed by atoms with Crippen molar-refractivity contribution < 1.29 is 0 Å². The molecule has 1 fully saturated rings. The van der Waals surface area contributed by atoms with Gasteiger partial charge in [-0.2, -0.15) is 0 Å². The molecule has 82 valence electrons. The largest absolute Gasteiger partial charge is 0.294 e. The van der Waals surface area contributed by atoms with Gasteiger partial charge in [-0.3, -0.25) is 9.88 Å². The summed E-state index contributed by atoms with van der Waals surface area (Å²) in [7, 11) is 0. The summed E-state index contributed by atoms with van der Waals surface area (Å²) < 4.78 is 0. The average Bonchev–Trinajstić information content (AvgIpc) is 3.04. The Bertz CT molecular complexity index is 323. The van der Waals surface area contributed by atoms with Crippen LogP contribution in [0.3, 0.4) is 0 Å². The minimum Gasteiger partial charge on any atom is -0.294 e. The molecule has 1 aliphatic rings. The first-order valence-electron chi connectivity index (χ1n) is 5.52. The highest BCUT2D eigenvalue weighted by Crippen LogP contribution is 2.28. The molecule has 0 aromatic carbocycles. The van der Waals surface area contributed by atoms with Gasteiger partial charge in [-0.1, -0.05) is 22.0 Å². The maximum Gasteiger partial charge on any atom is 0.0573 e. The van der Waals surface area contributed by atoms with Crippen molar-refractivity contribution in [2.75, 3.05) is 11.9 Å². The van der Waals surface area contributed by atoms with E-state index in [1.165, 1.54) is 24.1 Å². The lowest BCUT2D eigenvalue weighted by Gasteiger charge is -2.21. The van der Waals surface area contributed by atoms with E-state index in [9.17, 15) is 0 Å². The van der Waals surface area contributed by atoms with E-state index in [1.807, 2.05) is 12.3 Å². The molecule has 0 bridgehead atoms. The van der Waals surface area contributed by atoms with Crippen molar-refractivity contribution in [2.45, 2.75) is 32.4 Å². The van der Waals surface area contributed by atoms with Crippen LogP contribution < -0.4 is 0 Å². The van der Waals surface area contributed by atoms with Crippen LogP contribution in [0, 0.1) is 6.92 Å². The number of alkyl halides is 1. The Kier molecular flexibility index (Phi) is 3.76. The third-order valence-corrected chi connectivity index (χ3v) is 3.26. The predicted molar refractivity (Wildman–Crippen MR) is 66.2 cm³/mol. The minimum absolute atomic E-state index is 0.809. The number of pyridine rings is 1. The van der Waals surface area contributed by atoms with Crippen LogP contribution in [0.2, 0.25) is 0 Å². The maximum atomic E-state index is 4.45. The van der Waals surface area contributed by atoms with Crippen molar-refractivity contribution in [1.82, 2.24) is 9.88 Å². The van der Waals surface area contributed by atoms with E-state index in [0.29, 0.717) is 0 Å². The fourth-order valence-corrected chi connectivity index (χ4v) is 2.27. The summed E-state index contributed by atoms with van der Waals surface area (Å²) in [6, 6.07) is 4.95. The Labute approximate surface area is 99.8 Å². The van der Waals surface area contributed by atoms with Gasteiger partial charge in [0.05, 0.1) is 5.69 Å². The highest BCUT2D eigenvalue weighted by Gasteiger charge is 2.28. The van der Waals surface area contributed by atoms with Crippen molar-refractivity contribution >= 4 is 15.9 Å². The number of nitrogens with zero attached hydrogens (tertiary/aromatic N) is 2. The summed E-state index contributed by atoms with van der Waals surface area (Å²) in [4.78, 5) is 6.99. The number of aryl methyl sites for hydroxylation is 1. The second-order valence-corrected chi connectivity index (χ2v) is 4.95. The second-order valence-electron chi connectivity index (χ2n) is 4.16. The molecule has 1 saturated carbocycles. The molecule has 1 heterocycles. The lowest BCUT2D eigenvalue weighted by molar-refractivity contribution is 0.268. The molecular formula is C12H17BrN2. The van der Waals surface area contributed by atoms with Crippen molar-refractivity contribution in [2.24, 2.45) is 0 Å². The summed E-state index contributed by atoms with van der Waals surface area (Å²) in [6.45, 7) is 4.27. The first-order valence-corrected chi connectivity index (χ1v) is 6.64. The molecule has 0 saturated heterocycles. The van der Waals surface area contributed by atoms with Crippen molar-refractivity contribution in [3.8, 4) is 0 Å². The third kappa shape index (κ3) is 3.02. The standard InChI is InChI=1S/C12H17BrN2/c1-10-3-2-7-14-12(10)9-15(8-6-13)11-4-5-11/h2-3,7,11H,4-6,8-9H2,1H3. The smallest absolute Gasteiger partial charge is 0.0573 e. The van der Waals surface area contributed by atoms with Gasteiger partial charge in [0.25, 0.3) is 0 Å². The summed E-state index contributed by atoms with van der Waals surface area (Å²) in [5.74, 6) is 0. The Hall–Kier alpha value is -0.410. The fraction of sp³-hybridized carbons (Fsp3) is 0.583. The number of halogens is 1. The van der Waals surface area contributed by atoms with Crippen LogP contribution in [0.1, 0.15) is 24.1 Å². The van der Waals surface area contributed by atoms with Crippen LogP contribution in [0.4, 0.5) is 0 Å². The lowest BCUT2D eigenvalue weighted by Crippen LogP contribution is -2.28. The van der Waals surface area contributed by atoms with Crippen LogP contribution in [-0.4, -0.2) is 27.8 Å². The molecule has 0 atom stereocenters. The van der Waals surface area contributed by atoms with Crippen molar-refractivity contribution in [3.05, 3.63) is 29.6 Å². The van der Waals surface area contributed by atoms with E-state index >= 15 is 0 Å². The van der Waals surface area contributed by atoms with Crippen molar-refractivity contribution in [3.63, 3.8) is 0 Å². The van der Waals surface area contributed by atoms with Gasteiger partial charge in [0.15, 0.2) is 0 Å². The minimum atomic E-state index is 0.809. The Balaban J connectivity index is 2.02. The summed E-state index contributed by atoms with van der Waals surface area (Å²) in [5, 5.41) is 1.05. The second kappa shape index (κ2) is 5.08. The Morgan fingerprint density at radius 1 is 1.53 bits per heavy atom. The predicted octanol–water partition coefficient (Wildman–Crippen LogP) is 2.75. The molecule has 1 aromatic rings. The molecule has 1 aliphatic carbocycles. The van der Waals surface area contributed by atoms with Crippen LogP contribution in [0.15, 0.2) is 18.3 Å². The fourth-order valence-electron chi connectivity index (χ4n) is 1.82. The Morgan fingerprint density at radius 2 is 2.33 bits per heavy atom. The summed E-state index contributed by atoms with van der Waals surface area (Å²) in [5.41, 5.74) is 2.53. The summed E-state index contributed by atoms with van der Waals surface area (Å²) >= 11 is 3.52. The lowest BCUT2D eigenvalue weighted by atomic mass is 10.2. The summed E-state index contributed by atoms with van der Waals surface area (Å²) in [6.07, 6.45) is 4.61. The molecule has 0 aliphatic heterocycles. The van der Waals surface area contributed by atoms with Crippen LogP contribution in [0.25, 0.3) is 0 Å². The van der Waals surface area contributed by atoms with Gasteiger partial charge >= 0.3 is 0 Å². The van der Waals surface area contributed by atoms with Crippen LogP contribution in [-0.2, 0) is 6.54 Å². The van der Waals surface area contributed by atoms with Gasteiger partial charge in [0, 0.05) is 30.7 Å². The quantitative estimate of drug-likeness (QED) is 0.764. The normalized spacial score (nSPS) is 15.9. The third-order valence-electron chi connectivity index (χ3n) is 2.91. The monoisotopic (exact) mass is 268 g/mol. The van der Waals surface area contributed by atoms with Crippen LogP contribution in [0.5, 0.6) is 0 Å². The molecule has 0 spiro atoms. The maximum absolute atomic E-state index is 4.45. The molecule has 0 amide bonds. The van der Waals surface area contributed by atoms with Crippen LogP contribution >= 0.6 is 15.9 Å². The van der Waals surface area contributed by atoms with E-state index < -0.39 is 0 Å². The molecular weight excluding hydrogens is 252 g/mol. The zero-order valence-corrected chi connectivity index (χ0v) is 10.7. The Morgan fingerprint density at radius 3 is 2.93 bits per heavy atom. The van der Waals surface area contributed by atoms with E-state index in [1.54, 1.807) is 0 Å². The van der Waals surface area contributed by atoms with Gasteiger partial charge in [-0.05, 0) is 31.4 Å². The number of hydrogen-bond donors (Lipinski definition) is 0. The van der Waals surface area contributed by atoms with Gasteiger partial charge in [-0.25, -0.2) is 0 Å². The number of aromatic nitrogens is 1. The van der Waals surface area contributed by atoms with E-state index in [0.717, 1.165) is 24.5 Å². The van der Waals surface area contributed by atoms with E-state index in [4.69, 9.17) is 0 Å². The topological polar surface area (TPSA) is 16.1 Å². The van der Waals surface area contributed by atoms with Gasteiger partial charge in [0.2, 0.25) is 0 Å². The molecule has 3 heteroatoms. The zero-order valence-electron chi connectivity index (χ0n) is 9.12. The molecule has 2 rings (SSSR count). The molecule has 0 radical (unpaired) electrons. The molecule has 15 heavy (non-hydrogen) atoms. The number of rotatable bonds is 5. The SMILES string of the molecule is Cc1cccnc1CN(CCBr)C1CC1. The average molecular weight is 269 g/mol.